The predicted octanol–water partition coefficient (Wildman–Crippen LogP) is 1.17. The maximum atomic E-state index is 13.1. The van der Waals surface area contributed by atoms with Gasteiger partial charge < -0.3 is 15.5 Å². The third-order valence-corrected chi connectivity index (χ3v) is 4.85. The molecule has 0 bridgehead atoms. The average molecular weight is 355 g/mol. The van der Waals surface area contributed by atoms with Gasteiger partial charge in [-0.3, -0.25) is 14.4 Å². The van der Waals surface area contributed by atoms with E-state index >= 15 is 0 Å². The van der Waals surface area contributed by atoms with Crippen molar-refractivity contribution in [1.82, 2.24) is 15.5 Å². The smallest absolute Gasteiger partial charge is 0.246 e. The van der Waals surface area contributed by atoms with Crippen molar-refractivity contribution in [1.29, 1.82) is 0 Å². The zero-order chi connectivity index (χ0) is 18.4. The summed E-state index contributed by atoms with van der Waals surface area (Å²) in [6.07, 6.45) is 6.53. The minimum absolute atomic E-state index is 0.121. The summed E-state index contributed by atoms with van der Waals surface area (Å²) in [5.74, 6) is -0.435. The van der Waals surface area contributed by atoms with Gasteiger partial charge in [0.1, 0.15) is 12.1 Å². The van der Waals surface area contributed by atoms with Crippen molar-refractivity contribution in [3.05, 3.63) is 48.0 Å². The van der Waals surface area contributed by atoms with Gasteiger partial charge in [0.15, 0.2) is 0 Å². The van der Waals surface area contributed by atoms with E-state index in [-0.39, 0.29) is 17.7 Å². The summed E-state index contributed by atoms with van der Waals surface area (Å²) in [7, 11) is 0. The molecule has 1 aromatic carbocycles. The Labute approximate surface area is 153 Å². The number of hydrogen-bond donors (Lipinski definition) is 2. The van der Waals surface area contributed by atoms with E-state index in [9.17, 15) is 14.4 Å². The molecule has 0 aliphatic carbocycles. The topological polar surface area (TPSA) is 78.5 Å². The molecule has 2 heterocycles. The Hall–Kier alpha value is -2.63. The molecule has 0 spiro atoms. The fourth-order valence-corrected chi connectivity index (χ4v) is 3.51. The third-order valence-electron chi connectivity index (χ3n) is 4.85. The molecule has 138 valence electrons. The molecule has 0 aromatic heterocycles. The molecule has 6 nitrogen and oxygen atoms in total. The van der Waals surface area contributed by atoms with E-state index in [1.807, 2.05) is 42.5 Å². The molecule has 26 heavy (non-hydrogen) atoms. The van der Waals surface area contributed by atoms with Gasteiger partial charge >= 0.3 is 0 Å². The van der Waals surface area contributed by atoms with Crippen molar-refractivity contribution in [2.45, 2.75) is 44.2 Å². The third kappa shape index (κ3) is 4.50. The van der Waals surface area contributed by atoms with Crippen molar-refractivity contribution in [2.75, 3.05) is 13.1 Å². The van der Waals surface area contributed by atoms with Gasteiger partial charge in [0.2, 0.25) is 17.7 Å². The summed E-state index contributed by atoms with van der Waals surface area (Å²) in [6, 6.07) is 8.53. The molecule has 0 radical (unpaired) electrons. The summed E-state index contributed by atoms with van der Waals surface area (Å²) in [4.78, 5) is 39.5. The second-order valence-corrected chi connectivity index (χ2v) is 6.75. The van der Waals surface area contributed by atoms with Crippen LogP contribution < -0.4 is 10.6 Å². The van der Waals surface area contributed by atoms with Crippen molar-refractivity contribution in [2.24, 2.45) is 0 Å². The monoisotopic (exact) mass is 355 g/mol. The van der Waals surface area contributed by atoms with E-state index in [2.05, 4.69) is 10.6 Å². The summed E-state index contributed by atoms with van der Waals surface area (Å²) >= 11 is 0. The van der Waals surface area contributed by atoms with Crippen LogP contribution in [-0.4, -0.2) is 47.8 Å². The van der Waals surface area contributed by atoms with Crippen molar-refractivity contribution in [3.8, 4) is 0 Å². The van der Waals surface area contributed by atoms with E-state index in [1.54, 1.807) is 4.90 Å². The first kappa shape index (κ1) is 18.2. The highest BCUT2D eigenvalue weighted by atomic mass is 16.2. The summed E-state index contributed by atoms with van der Waals surface area (Å²) in [6.45, 7) is 0.973. The Morgan fingerprint density at radius 1 is 1.08 bits per heavy atom. The molecule has 6 heteroatoms. The Kier molecular flexibility index (Phi) is 6.04. The predicted molar refractivity (Wildman–Crippen MR) is 98.2 cm³/mol. The van der Waals surface area contributed by atoms with Crippen molar-refractivity contribution in [3.63, 3.8) is 0 Å². The quantitative estimate of drug-likeness (QED) is 0.782. The van der Waals surface area contributed by atoms with Crippen LogP contribution >= 0.6 is 0 Å². The maximum absolute atomic E-state index is 13.1. The lowest BCUT2D eigenvalue weighted by atomic mass is 10.0. The van der Waals surface area contributed by atoms with Crippen LogP contribution in [0, 0.1) is 0 Å². The molecule has 0 saturated carbocycles. The van der Waals surface area contributed by atoms with Gasteiger partial charge in [-0.1, -0.05) is 42.5 Å². The summed E-state index contributed by atoms with van der Waals surface area (Å²) in [5.41, 5.74) is 0.982. The zero-order valence-corrected chi connectivity index (χ0v) is 14.8. The van der Waals surface area contributed by atoms with Crippen LogP contribution in [0.2, 0.25) is 0 Å². The molecular formula is C20H25N3O3. The van der Waals surface area contributed by atoms with Gasteiger partial charge in [-0.2, -0.15) is 0 Å². The number of nitrogens with zero attached hydrogens (tertiary/aromatic N) is 1. The van der Waals surface area contributed by atoms with E-state index in [0.717, 1.165) is 12.0 Å². The molecular weight excluding hydrogens is 330 g/mol. The largest absolute Gasteiger partial charge is 0.351 e. The highest BCUT2D eigenvalue weighted by Crippen LogP contribution is 2.20. The van der Waals surface area contributed by atoms with Crippen molar-refractivity contribution < 1.29 is 14.4 Å². The van der Waals surface area contributed by atoms with Crippen LogP contribution in [0.4, 0.5) is 0 Å². The van der Waals surface area contributed by atoms with Crippen LogP contribution in [0.3, 0.4) is 0 Å². The number of carbonyl (C=O) groups is 3. The first-order valence-corrected chi connectivity index (χ1v) is 9.21. The molecule has 2 atom stereocenters. The number of nitrogens with one attached hydrogen (secondary N) is 2. The number of allylic oxidation sites excluding steroid dienone is 1. The van der Waals surface area contributed by atoms with Gasteiger partial charge in [-0.25, -0.2) is 0 Å². The first-order valence-electron chi connectivity index (χ1n) is 9.21. The van der Waals surface area contributed by atoms with Gasteiger partial charge in [0.05, 0.1) is 0 Å². The first-order chi connectivity index (χ1) is 12.6. The lowest BCUT2D eigenvalue weighted by molar-refractivity contribution is -0.141. The van der Waals surface area contributed by atoms with Gasteiger partial charge in [-0.05, 0) is 24.8 Å². The lowest BCUT2D eigenvalue weighted by Crippen LogP contribution is -2.54. The molecule has 1 fully saturated rings. The number of fused-ring (bicyclic) bond motifs is 1. The zero-order valence-electron chi connectivity index (χ0n) is 14.8. The molecule has 0 unspecified atom stereocenters. The van der Waals surface area contributed by atoms with Crippen molar-refractivity contribution >= 4 is 17.7 Å². The highest BCUT2D eigenvalue weighted by Gasteiger charge is 2.37. The van der Waals surface area contributed by atoms with E-state index in [0.29, 0.717) is 38.8 Å². The van der Waals surface area contributed by atoms with Crippen LogP contribution in [0.1, 0.15) is 31.2 Å². The normalized spacial score (nSPS) is 26.0. The number of rotatable bonds is 2. The van der Waals surface area contributed by atoms with Crippen LogP contribution in [-0.2, 0) is 20.8 Å². The number of hydrogen-bond acceptors (Lipinski definition) is 3. The fourth-order valence-electron chi connectivity index (χ4n) is 3.51. The maximum Gasteiger partial charge on any atom is 0.246 e. The van der Waals surface area contributed by atoms with E-state index < -0.39 is 12.1 Å². The average Bonchev–Trinajstić information content (AvgIpc) is 3.13. The second-order valence-electron chi connectivity index (χ2n) is 6.75. The number of carbonyl (C=O) groups excluding carboxylic acids is 3. The SMILES string of the molecule is O=C1CC/C=C/CNC(=O)[C@@H]2CCCN2C(=O)[C@H](Cc2ccccc2)N1. The molecule has 2 aliphatic heterocycles. The summed E-state index contributed by atoms with van der Waals surface area (Å²) in [5, 5.41) is 5.75. The Balaban J connectivity index is 1.83. The molecule has 2 aliphatic rings. The Morgan fingerprint density at radius 3 is 2.69 bits per heavy atom. The van der Waals surface area contributed by atoms with Gasteiger partial charge in [0, 0.05) is 25.9 Å². The molecule has 3 rings (SSSR count). The molecule has 3 amide bonds. The minimum Gasteiger partial charge on any atom is -0.351 e. The van der Waals surface area contributed by atoms with Gasteiger partial charge in [0.25, 0.3) is 0 Å². The van der Waals surface area contributed by atoms with Crippen LogP contribution in [0.15, 0.2) is 42.5 Å². The number of amides is 3. The molecule has 2 N–H and O–H groups in total. The van der Waals surface area contributed by atoms with E-state index in [1.165, 1.54) is 0 Å². The minimum atomic E-state index is -0.650. The Morgan fingerprint density at radius 2 is 1.88 bits per heavy atom. The van der Waals surface area contributed by atoms with Crippen LogP contribution in [0.25, 0.3) is 0 Å². The summed E-state index contributed by atoms with van der Waals surface area (Å²) < 4.78 is 0. The highest BCUT2D eigenvalue weighted by molar-refractivity contribution is 5.92. The molecule has 1 aromatic rings. The van der Waals surface area contributed by atoms with Crippen LogP contribution in [0.5, 0.6) is 0 Å². The standard InChI is InChI=1S/C20H25N3O3/c24-18-11-5-2-6-12-21-19(25)17-10-7-13-23(17)20(26)16(22-18)14-15-8-3-1-4-9-15/h1-4,6,8-9,16-17H,5,7,10-14H2,(H,21,25)(H,22,24)/b6-2+/t16-,17-/m0/s1. The molecule has 1 saturated heterocycles. The second kappa shape index (κ2) is 8.65. The van der Waals surface area contributed by atoms with E-state index in [4.69, 9.17) is 0 Å². The Bertz CT molecular complexity index is 687. The number of benzene rings is 1. The lowest BCUT2D eigenvalue weighted by Gasteiger charge is -2.28. The van der Waals surface area contributed by atoms with Gasteiger partial charge in [-0.15, -0.1) is 0 Å². The fraction of sp³-hybridized carbons (Fsp3) is 0.450.